The summed E-state index contributed by atoms with van der Waals surface area (Å²) >= 11 is 5.03. The molecule has 1 fully saturated rings. The Morgan fingerprint density at radius 2 is 2.00 bits per heavy atom. The second-order valence-corrected chi connectivity index (χ2v) is 5.52. The second kappa shape index (κ2) is 6.75. The highest BCUT2D eigenvalue weighted by molar-refractivity contribution is 7.80. The summed E-state index contributed by atoms with van der Waals surface area (Å²) in [4.78, 5) is 25.9. The average molecular weight is 330 g/mol. The molecule has 1 aliphatic heterocycles. The van der Waals surface area contributed by atoms with Crippen LogP contribution in [0.25, 0.3) is 6.08 Å². The molecule has 1 aromatic rings. The molecule has 1 saturated heterocycles. The van der Waals surface area contributed by atoms with Gasteiger partial charge in [-0.05, 0) is 54.9 Å². The molecule has 0 aliphatic carbocycles. The van der Waals surface area contributed by atoms with Gasteiger partial charge in [0.05, 0.1) is 7.11 Å². The van der Waals surface area contributed by atoms with E-state index in [1.165, 1.54) is 4.90 Å². The molecule has 23 heavy (non-hydrogen) atoms. The van der Waals surface area contributed by atoms with Gasteiger partial charge in [0.25, 0.3) is 11.8 Å². The second-order valence-electron chi connectivity index (χ2n) is 5.13. The maximum atomic E-state index is 12.5. The third-order valence-electron chi connectivity index (χ3n) is 3.80. The third-order valence-corrected chi connectivity index (χ3v) is 4.12. The third kappa shape index (κ3) is 3.17. The summed E-state index contributed by atoms with van der Waals surface area (Å²) in [5, 5.41) is 2.63. The quantitative estimate of drug-likeness (QED) is 0.398. The van der Waals surface area contributed by atoms with Crippen molar-refractivity contribution in [1.29, 1.82) is 0 Å². The minimum atomic E-state index is -0.492. The van der Waals surface area contributed by atoms with Crippen LogP contribution in [0, 0.1) is 13.8 Å². The molecule has 2 amide bonds. The number of benzene rings is 1. The Balaban J connectivity index is 2.47. The van der Waals surface area contributed by atoms with E-state index in [2.05, 4.69) is 11.9 Å². The molecule has 1 aromatic carbocycles. The molecule has 0 unspecified atom stereocenters. The predicted molar refractivity (Wildman–Crippen MR) is 93.1 cm³/mol. The van der Waals surface area contributed by atoms with Crippen LogP contribution < -0.4 is 10.1 Å². The van der Waals surface area contributed by atoms with Crippen LogP contribution in [0.1, 0.15) is 16.7 Å². The number of thiocarbonyl (C=S) groups is 1. The summed E-state index contributed by atoms with van der Waals surface area (Å²) < 4.78 is 5.27. The van der Waals surface area contributed by atoms with Crippen molar-refractivity contribution >= 4 is 35.2 Å². The number of carbonyl (C=O) groups excluding carboxylic acids is 2. The highest BCUT2D eigenvalue weighted by Crippen LogP contribution is 2.26. The topological polar surface area (TPSA) is 58.6 Å². The Kier molecular flexibility index (Phi) is 4.95. The SMILES string of the molecule is C=CCN1C(=O)C(=Cc2ccc(OC)c(C)c2C)C(=O)NC1=S. The number of ether oxygens (including phenoxy) is 1. The molecule has 0 saturated carbocycles. The minimum absolute atomic E-state index is 0.0492. The van der Waals surface area contributed by atoms with Crippen LogP contribution in [0.4, 0.5) is 0 Å². The summed E-state index contributed by atoms with van der Waals surface area (Å²) in [5.41, 5.74) is 2.74. The Labute approximate surface area is 140 Å². The van der Waals surface area contributed by atoms with E-state index in [9.17, 15) is 9.59 Å². The molecule has 1 aliphatic rings. The van der Waals surface area contributed by atoms with Crippen molar-refractivity contribution in [2.75, 3.05) is 13.7 Å². The van der Waals surface area contributed by atoms with Gasteiger partial charge in [-0.1, -0.05) is 12.1 Å². The lowest BCUT2D eigenvalue weighted by atomic mass is 9.99. The summed E-state index contributed by atoms with van der Waals surface area (Å²) in [6, 6.07) is 3.63. The fourth-order valence-electron chi connectivity index (χ4n) is 2.34. The van der Waals surface area contributed by atoms with Crippen molar-refractivity contribution < 1.29 is 14.3 Å². The summed E-state index contributed by atoms with van der Waals surface area (Å²) in [5.74, 6) is -0.154. The van der Waals surface area contributed by atoms with Gasteiger partial charge in [0.2, 0.25) is 0 Å². The number of methoxy groups -OCH3 is 1. The molecule has 120 valence electrons. The number of carbonyl (C=O) groups is 2. The molecule has 0 atom stereocenters. The number of hydrogen-bond acceptors (Lipinski definition) is 4. The highest BCUT2D eigenvalue weighted by Gasteiger charge is 2.32. The van der Waals surface area contributed by atoms with Crippen molar-refractivity contribution in [3.8, 4) is 5.75 Å². The monoisotopic (exact) mass is 330 g/mol. The normalized spacial score (nSPS) is 16.6. The van der Waals surface area contributed by atoms with Gasteiger partial charge < -0.3 is 4.74 Å². The predicted octanol–water partition coefficient (Wildman–Crippen LogP) is 2.12. The molecule has 6 heteroatoms. The van der Waals surface area contributed by atoms with E-state index in [0.29, 0.717) is 0 Å². The van der Waals surface area contributed by atoms with Crippen molar-refractivity contribution in [1.82, 2.24) is 10.2 Å². The summed E-state index contributed by atoms with van der Waals surface area (Å²) in [6.07, 6.45) is 3.14. The largest absolute Gasteiger partial charge is 0.496 e. The lowest BCUT2D eigenvalue weighted by molar-refractivity contribution is -0.128. The van der Waals surface area contributed by atoms with Crippen molar-refractivity contribution in [2.24, 2.45) is 0 Å². The fourth-order valence-corrected chi connectivity index (χ4v) is 2.59. The highest BCUT2D eigenvalue weighted by atomic mass is 32.1. The molecule has 1 heterocycles. The zero-order valence-corrected chi connectivity index (χ0v) is 14.1. The van der Waals surface area contributed by atoms with Crippen molar-refractivity contribution in [3.05, 3.63) is 47.1 Å². The van der Waals surface area contributed by atoms with E-state index < -0.39 is 11.8 Å². The van der Waals surface area contributed by atoms with Gasteiger partial charge in [0.1, 0.15) is 11.3 Å². The van der Waals surface area contributed by atoms with Crippen LogP contribution in [0.3, 0.4) is 0 Å². The van der Waals surface area contributed by atoms with Gasteiger partial charge in [-0.25, -0.2) is 0 Å². The van der Waals surface area contributed by atoms with Crippen LogP contribution in [0.2, 0.25) is 0 Å². The van der Waals surface area contributed by atoms with Crippen LogP contribution in [0.5, 0.6) is 5.75 Å². The molecular formula is C17H18N2O3S. The molecule has 0 aromatic heterocycles. The van der Waals surface area contributed by atoms with Gasteiger partial charge in [-0.15, -0.1) is 6.58 Å². The lowest BCUT2D eigenvalue weighted by Gasteiger charge is -2.28. The Hall–Kier alpha value is -2.47. The smallest absolute Gasteiger partial charge is 0.265 e. The maximum Gasteiger partial charge on any atom is 0.265 e. The average Bonchev–Trinajstić information content (AvgIpc) is 2.52. The first kappa shape index (κ1) is 16.9. The first-order valence-electron chi connectivity index (χ1n) is 7.04. The molecule has 0 spiro atoms. The van der Waals surface area contributed by atoms with Crippen LogP contribution in [0.15, 0.2) is 30.4 Å². The van der Waals surface area contributed by atoms with Gasteiger partial charge in [-0.3, -0.25) is 19.8 Å². The number of nitrogens with zero attached hydrogens (tertiary/aromatic N) is 1. The van der Waals surface area contributed by atoms with E-state index in [1.54, 1.807) is 19.3 Å². The first-order chi connectivity index (χ1) is 10.9. The summed E-state index contributed by atoms with van der Waals surface area (Å²) in [6.45, 7) is 7.69. The molecule has 0 bridgehead atoms. The van der Waals surface area contributed by atoms with Gasteiger partial charge in [0, 0.05) is 6.54 Å². The van der Waals surface area contributed by atoms with Crippen molar-refractivity contribution in [2.45, 2.75) is 13.8 Å². The molecule has 1 N–H and O–H groups in total. The van der Waals surface area contributed by atoms with Crippen LogP contribution in [-0.4, -0.2) is 35.5 Å². The standard InChI is InChI=1S/C17H18N2O3S/c1-5-8-19-16(21)13(15(20)18-17(19)23)9-12-6-7-14(22-4)11(3)10(12)2/h5-7,9H,1,8H2,2-4H3,(H,18,20,23). The molecule has 2 rings (SSSR count). The van der Waals surface area contributed by atoms with E-state index in [4.69, 9.17) is 17.0 Å². The van der Waals surface area contributed by atoms with Crippen molar-refractivity contribution in [3.63, 3.8) is 0 Å². The zero-order valence-electron chi connectivity index (χ0n) is 13.3. The zero-order chi connectivity index (χ0) is 17.1. The number of rotatable bonds is 4. The molecule has 5 nitrogen and oxygen atoms in total. The Morgan fingerprint density at radius 3 is 2.61 bits per heavy atom. The van der Waals surface area contributed by atoms with Crippen LogP contribution in [-0.2, 0) is 9.59 Å². The maximum absolute atomic E-state index is 12.5. The number of hydrogen-bond donors (Lipinski definition) is 1. The van der Waals surface area contributed by atoms with E-state index in [-0.39, 0.29) is 17.2 Å². The Bertz CT molecular complexity index is 738. The minimum Gasteiger partial charge on any atom is -0.496 e. The molecule has 0 radical (unpaired) electrons. The van der Waals surface area contributed by atoms with E-state index in [0.717, 1.165) is 22.4 Å². The van der Waals surface area contributed by atoms with Gasteiger partial charge >= 0.3 is 0 Å². The van der Waals surface area contributed by atoms with Gasteiger partial charge in [-0.2, -0.15) is 0 Å². The van der Waals surface area contributed by atoms with E-state index in [1.807, 2.05) is 26.0 Å². The lowest BCUT2D eigenvalue weighted by Crippen LogP contribution is -2.53. The summed E-state index contributed by atoms with van der Waals surface area (Å²) in [7, 11) is 1.60. The number of nitrogens with one attached hydrogen (secondary N) is 1. The van der Waals surface area contributed by atoms with Gasteiger partial charge in [0.15, 0.2) is 5.11 Å². The Morgan fingerprint density at radius 1 is 1.30 bits per heavy atom. The number of amides is 2. The first-order valence-corrected chi connectivity index (χ1v) is 7.45. The van der Waals surface area contributed by atoms with Crippen LogP contribution >= 0.6 is 12.2 Å². The fraction of sp³-hybridized carbons (Fsp3) is 0.235. The molecular weight excluding hydrogens is 312 g/mol. The van der Waals surface area contributed by atoms with E-state index >= 15 is 0 Å².